The Bertz CT molecular complexity index is 1690. The summed E-state index contributed by atoms with van der Waals surface area (Å²) in [5.74, 6) is -0.587. The van der Waals surface area contributed by atoms with Gasteiger partial charge in [0.15, 0.2) is 0 Å². The molecule has 12 heteroatoms. The summed E-state index contributed by atoms with van der Waals surface area (Å²) in [6.45, 7) is 3.37. The summed E-state index contributed by atoms with van der Waals surface area (Å²) in [5, 5.41) is 4.44. The van der Waals surface area contributed by atoms with Crippen LogP contribution < -0.4 is 10.5 Å². The summed E-state index contributed by atoms with van der Waals surface area (Å²) in [6.07, 6.45) is 2.13. The van der Waals surface area contributed by atoms with Gasteiger partial charge in [-0.2, -0.15) is 18.3 Å². The summed E-state index contributed by atoms with van der Waals surface area (Å²) >= 11 is 1.11. The number of halogens is 3. The van der Waals surface area contributed by atoms with Gasteiger partial charge in [-0.25, -0.2) is 4.98 Å². The molecular weight excluding hydrogens is 553 g/mol. The second-order valence-electron chi connectivity index (χ2n) is 9.85. The molecule has 5 rings (SSSR count). The van der Waals surface area contributed by atoms with Gasteiger partial charge in [0.2, 0.25) is 0 Å². The highest BCUT2D eigenvalue weighted by atomic mass is 32.1. The van der Waals surface area contributed by atoms with Gasteiger partial charge < -0.3 is 15.4 Å². The topological polar surface area (TPSA) is 90.7 Å². The molecule has 1 atom stereocenters. The Morgan fingerprint density at radius 2 is 1.93 bits per heavy atom. The molecule has 214 valence electrons. The first-order valence-corrected chi connectivity index (χ1v) is 13.8. The lowest BCUT2D eigenvalue weighted by Gasteiger charge is -2.21. The molecular formula is C29H29F3N6O2S. The third kappa shape index (κ3) is 5.98. The molecule has 0 unspecified atom stereocenters. The van der Waals surface area contributed by atoms with Crippen molar-refractivity contribution < 1.29 is 22.7 Å². The average Bonchev–Trinajstić information content (AvgIpc) is 3.68. The lowest BCUT2D eigenvalue weighted by molar-refractivity contribution is -0.139. The maximum Gasteiger partial charge on any atom is 0.416 e. The van der Waals surface area contributed by atoms with E-state index in [1.54, 1.807) is 19.2 Å². The summed E-state index contributed by atoms with van der Waals surface area (Å²) in [5.41, 5.74) is 8.16. The Kier molecular flexibility index (Phi) is 7.87. The number of carbonyl (C=O) groups excluding carboxylic acids is 1. The van der Waals surface area contributed by atoms with Crippen molar-refractivity contribution in [1.29, 1.82) is 0 Å². The molecule has 0 bridgehead atoms. The summed E-state index contributed by atoms with van der Waals surface area (Å²) in [4.78, 5) is 19.7. The van der Waals surface area contributed by atoms with Crippen molar-refractivity contribution in [1.82, 2.24) is 24.1 Å². The van der Waals surface area contributed by atoms with Gasteiger partial charge in [-0.1, -0.05) is 25.1 Å². The molecule has 0 saturated heterocycles. The van der Waals surface area contributed by atoms with E-state index in [-0.39, 0.29) is 22.6 Å². The van der Waals surface area contributed by atoms with Gasteiger partial charge >= 0.3 is 6.18 Å². The van der Waals surface area contributed by atoms with E-state index in [1.165, 1.54) is 18.2 Å². The van der Waals surface area contributed by atoms with Gasteiger partial charge in [-0.15, -0.1) is 11.3 Å². The highest BCUT2D eigenvalue weighted by Gasteiger charge is 2.35. The van der Waals surface area contributed by atoms with Crippen LogP contribution >= 0.6 is 11.3 Å². The average molecular weight is 583 g/mol. The highest BCUT2D eigenvalue weighted by molar-refractivity contribution is 7.17. The Morgan fingerprint density at radius 1 is 1.15 bits per heavy atom. The normalized spacial score (nSPS) is 12.8. The minimum Gasteiger partial charge on any atom is -0.484 e. The van der Waals surface area contributed by atoms with Crippen LogP contribution in [0.4, 0.5) is 13.2 Å². The summed E-state index contributed by atoms with van der Waals surface area (Å²) in [7, 11) is 4.02. The lowest BCUT2D eigenvalue weighted by atomic mass is 10.00. The molecule has 4 aromatic heterocycles. The van der Waals surface area contributed by atoms with Crippen molar-refractivity contribution in [2.75, 3.05) is 20.6 Å². The smallest absolute Gasteiger partial charge is 0.416 e. The standard InChI is InChI=1S/C29H29F3N6O2S/c1-4-23(20-7-5-6-8-21(20)29(30,31)32)40-24-14-25(41-27(24)28(33)39)22-16-34-26-13-18(9-10-38(22)26)19-15-35-37(17-19)12-11-36(2)3/h5-10,13-17,23H,4,11-12H2,1-3H3,(H2,33,39)/t23-/m1/s1. The zero-order valence-corrected chi connectivity index (χ0v) is 23.5. The third-order valence-electron chi connectivity index (χ3n) is 6.68. The molecule has 41 heavy (non-hydrogen) atoms. The molecule has 0 radical (unpaired) electrons. The number of hydrogen-bond donors (Lipinski definition) is 1. The Hall–Kier alpha value is -4.16. The van der Waals surface area contributed by atoms with E-state index in [1.807, 2.05) is 53.9 Å². The number of primary amides is 1. The second kappa shape index (κ2) is 11.4. The number of pyridine rings is 1. The molecule has 1 amide bonds. The fourth-order valence-corrected chi connectivity index (χ4v) is 5.55. The maximum atomic E-state index is 13.7. The number of nitrogens with two attached hydrogens (primary N) is 1. The van der Waals surface area contributed by atoms with Gasteiger partial charge in [0.25, 0.3) is 5.91 Å². The number of nitrogens with zero attached hydrogens (tertiary/aromatic N) is 5. The summed E-state index contributed by atoms with van der Waals surface area (Å²) in [6, 6.07) is 10.8. The fourth-order valence-electron chi connectivity index (χ4n) is 4.60. The highest BCUT2D eigenvalue weighted by Crippen LogP contribution is 2.41. The minimum absolute atomic E-state index is 0.00182. The number of hydrogen-bond acceptors (Lipinski definition) is 6. The van der Waals surface area contributed by atoms with Crippen molar-refractivity contribution >= 4 is 22.9 Å². The minimum atomic E-state index is -4.54. The maximum absolute atomic E-state index is 13.7. The van der Waals surface area contributed by atoms with Crippen LogP contribution in [-0.4, -0.2) is 50.6 Å². The molecule has 0 spiro atoms. The Labute approximate surface area is 238 Å². The van der Waals surface area contributed by atoms with Crippen LogP contribution in [0.3, 0.4) is 0 Å². The Balaban J connectivity index is 1.45. The second-order valence-corrected chi connectivity index (χ2v) is 10.9. The number of amides is 1. The largest absolute Gasteiger partial charge is 0.484 e. The zero-order valence-electron chi connectivity index (χ0n) is 22.7. The predicted molar refractivity (Wildman–Crippen MR) is 152 cm³/mol. The van der Waals surface area contributed by atoms with E-state index < -0.39 is 23.8 Å². The van der Waals surface area contributed by atoms with Crippen molar-refractivity contribution in [3.05, 3.63) is 83.3 Å². The van der Waals surface area contributed by atoms with E-state index in [2.05, 4.69) is 15.0 Å². The molecule has 4 heterocycles. The molecule has 0 aliphatic carbocycles. The number of likely N-dealkylation sites (N-methyl/N-ethyl adjacent to an activating group) is 1. The number of aromatic nitrogens is 4. The van der Waals surface area contributed by atoms with Gasteiger partial charge in [-0.05, 0) is 44.3 Å². The van der Waals surface area contributed by atoms with Gasteiger partial charge in [0, 0.05) is 36.1 Å². The van der Waals surface area contributed by atoms with E-state index in [0.717, 1.165) is 41.6 Å². The quantitative estimate of drug-likeness (QED) is 0.214. The van der Waals surface area contributed by atoms with Crippen molar-refractivity contribution in [3.8, 4) is 27.4 Å². The monoisotopic (exact) mass is 582 g/mol. The van der Waals surface area contributed by atoms with Crippen LogP contribution in [-0.2, 0) is 12.7 Å². The number of alkyl halides is 3. The van der Waals surface area contributed by atoms with Crippen molar-refractivity contribution in [2.45, 2.75) is 32.2 Å². The van der Waals surface area contributed by atoms with Crippen LogP contribution in [0.25, 0.3) is 27.3 Å². The number of carbonyl (C=O) groups is 1. The molecule has 8 nitrogen and oxygen atoms in total. The molecule has 0 fully saturated rings. The fraction of sp³-hybridized carbons (Fsp3) is 0.276. The molecule has 0 saturated carbocycles. The van der Waals surface area contributed by atoms with Gasteiger partial charge in [0.05, 0.1) is 35.1 Å². The molecule has 2 N–H and O–H groups in total. The predicted octanol–water partition coefficient (Wildman–Crippen LogP) is 6.14. The molecule has 0 aliphatic heterocycles. The SMILES string of the molecule is CC[C@@H](Oc1cc(-c2cnc3cc(-c4cnn(CCN(C)C)c4)ccn23)sc1C(N)=O)c1ccccc1C(F)(F)F. The molecule has 5 aromatic rings. The van der Waals surface area contributed by atoms with Crippen LogP contribution in [0.1, 0.15) is 40.2 Å². The first kappa shape index (κ1) is 28.4. The number of thiophene rings is 1. The van der Waals surface area contributed by atoms with E-state index >= 15 is 0 Å². The number of imidazole rings is 1. The van der Waals surface area contributed by atoms with Crippen molar-refractivity contribution in [3.63, 3.8) is 0 Å². The lowest BCUT2D eigenvalue weighted by Crippen LogP contribution is -2.18. The Morgan fingerprint density at radius 3 is 2.63 bits per heavy atom. The first-order chi connectivity index (χ1) is 19.5. The van der Waals surface area contributed by atoms with E-state index in [0.29, 0.717) is 16.2 Å². The summed E-state index contributed by atoms with van der Waals surface area (Å²) < 4.78 is 50.9. The van der Waals surface area contributed by atoms with Crippen molar-refractivity contribution in [2.24, 2.45) is 5.73 Å². The van der Waals surface area contributed by atoms with Crippen LogP contribution in [0.2, 0.25) is 0 Å². The van der Waals surface area contributed by atoms with E-state index in [4.69, 9.17) is 10.5 Å². The van der Waals surface area contributed by atoms with Crippen LogP contribution in [0.5, 0.6) is 5.75 Å². The number of benzene rings is 1. The zero-order chi connectivity index (χ0) is 29.3. The van der Waals surface area contributed by atoms with Crippen LogP contribution in [0, 0.1) is 0 Å². The number of ether oxygens (including phenoxy) is 1. The first-order valence-electron chi connectivity index (χ1n) is 13.0. The molecule has 0 aliphatic rings. The van der Waals surface area contributed by atoms with E-state index in [9.17, 15) is 18.0 Å². The van der Waals surface area contributed by atoms with Gasteiger partial charge in [-0.3, -0.25) is 13.9 Å². The van der Waals surface area contributed by atoms with Gasteiger partial charge in [0.1, 0.15) is 22.4 Å². The number of rotatable bonds is 10. The third-order valence-corrected chi connectivity index (χ3v) is 7.84. The number of fused-ring (bicyclic) bond motifs is 1. The van der Waals surface area contributed by atoms with Crippen LogP contribution in [0.15, 0.2) is 67.3 Å². The molecule has 1 aromatic carbocycles.